The molecular weight excluding hydrogens is 363 g/mol. The van der Waals surface area contributed by atoms with E-state index in [-0.39, 0.29) is 12.4 Å². The van der Waals surface area contributed by atoms with E-state index in [0.717, 1.165) is 64.3 Å². The molecule has 2 N–H and O–H groups in total. The summed E-state index contributed by atoms with van der Waals surface area (Å²) >= 11 is 0. The highest BCUT2D eigenvalue weighted by Gasteiger charge is 2.30. The van der Waals surface area contributed by atoms with Crippen LogP contribution < -0.4 is 5.32 Å². The summed E-state index contributed by atoms with van der Waals surface area (Å²) in [6.45, 7) is 3.57. The van der Waals surface area contributed by atoms with Crippen molar-refractivity contribution in [2.24, 2.45) is 4.99 Å². The molecule has 0 amide bonds. The van der Waals surface area contributed by atoms with Gasteiger partial charge in [-0.25, -0.2) is 0 Å². The van der Waals surface area contributed by atoms with Crippen molar-refractivity contribution in [1.29, 1.82) is 0 Å². The van der Waals surface area contributed by atoms with Crippen molar-refractivity contribution in [3.8, 4) is 11.1 Å². The predicted octanol–water partition coefficient (Wildman–Crippen LogP) is 4.93. The summed E-state index contributed by atoms with van der Waals surface area (Å²) in [6, 6.07) is 11.1. The summed E-state index contributed by atoms with van der Waals surface area (Å²) in [5.74, 6) is 0.869. The molecule has 4 rings (SSSR count). The van der Waals surface area contributed by atoms with Crippen LogP contribution in [0.15, 0.2) is 47.5 Å². The normalized spacial score (nSPS) is 14.1. The Balaban J connectivity index is 0.00000196. The Labute approximate surface area is 154 Å². The molecule has 1 aromatic heterocycles. The minimum Gasteiger partial charge on any atom is -0.368 e. The van der Waals surface area contributed by atoms with Crippen molar-refractivity contribution in [1.82, 2.24) is 10.3 Å². The molecular formula is C19H17ClF3N3. The van der Waals surface area contributed by atoms with Crippen molar-refractivity contribution in [2.75, 3.05) is 13.1 Å². The van der Waals surface area contributed by atoms with E-state index >= 15 is 0 Å². The lowest BCUT2D eigenvalue weighted by molar-refractivity contribution is -0.137. The molecule has 0 saturated carbocycles. The van der Waals surface area contributed by atoms with Crippen LogP contribution in [0, 0.1) is 6.92 Å². The van der Waals surface area contributed by atoms with E-state index in [2.05, 4.69) is 15.3 Å². The molecule has 0 spiro atoms. The largest absolute Gasteiger partial charge is 0.416 e. The van der Waals surface area contributed by atoms with E-state index in [1.165, 1.54) is 12.1 Å². The molecule has 1 aliphatic rings. The summed E-state index contributed by atoms with van der Waals surface area (Å²) in [7, 11) is 0. The highest BCUT2D eigenvalue weighted by atomic mass is 35.5. The third-order valence-electron chi connectivity index (χ3n) is 4.44. The van der Waals surface area contributed by atoms with Crippen LogP contribution in [0.5, 0.6) is 0 Å². The number of aliphatic imine (C=N–C) groups is 1. The summed E-state index contributed by atoms with van der Waals surface area (Å²) in [6.07, 6.45) is -4.32. The van der Waals surface area contributed by atoms with Gasteiger partial charge in [-0.1, -0.05) is 18.2 Å². The highest BCUT2D eigenvalue weighted by Crippen LogP contribution is 2.32. The molecule has 26 heavy (non-hydrogen) atoms. The number of benzene rings is 2. The van der Waals surface area contributed by atoms with Crippen molar-refractivity contribution in [2.45, 2.75) is 13.1 Å². The maximum atomic E-state index is 12.7. The molecule has 0 atom stereocenters. The fraction of sp³-hybridized carbons (Fsp3) is 0.211. The van der Waals surface area contributed by atoms with E-state index in [4.69, 9.17) is 0 Å². The second-order valence-corrected chi connectivity index (χ2v) is 6.12. The Bertz CT molecular complexity index is 972. The van der Waals surface area contributed by atoms with Crippen LogP contribution in [0.25, 0.3) is 22.0 Å². The molecule has 0 saturated heterocycles. The summed E-state index contributed by atoms with van der Waals surface area (Å²) in [5, 5.41) is 4.30. The minimum absolute atomic E-state index is 0. The number of rotatable bonds is 2. The number of hydrogen-bond acceptors (Lipinski definition) is 2. The number of hydrogen-bond donors (Lipinski definition) is 2. The monoisotopic (exact) mass is 379 g/mol. The van der Waals surface area contributed by atoms with E-state index in [0.29, 0.717) is 0 Å². The van der Waals surface area contributed by atoms with Gasteiger partial charge < -0.3 is 10.3 Å². The fourth-order valence-corrected chi connectivity index (χ4v) is 3.23. The van der Waals surface area contributed by atoms with Gasteiger partial charge in [0.05, 0.1) is 12.1 Å². The standard InChI is InChI=1S/C19H16F3N3.ClH/c1-11-17(18-23-8-9-24-18)15-10-13(4-7-16(15)25-11)12-2-5-14(6-3-12)19(20,21)22;/h2-7,10,25H,8-9H2,1H3,(H,23,24);1H. The molecule has 2 heterocycles. The SMILES string of the molecule is Cc1[nH]c2ccc(-c3ccc(C(F)(F)F)cc3)cc2c1C1=NCCN1.Cl. The number of H-pyrrole nitrogens is 1. The van der Waals surface area contributed by atoms with Gasteiger partial charge in [0.1, 0.15) is 5.84 Å². The number of alkyl halides is 3. The molecule has 2 aromatic carbocycles. The quantitative estimate of drug-likeness (QED) is 0.651. The average Bonchev–Trinajstić information content (AvgIpc) is 3.20. The van der Waals surface area contributed by atoms with Crippen LogP contribution in [0.3, 0.4) is 0 Å². The van der Waals surface area contributed by atoms with Crippen molar-refractivity contribution < 1.29 is 13.2 Å². The molecule has 0 aliphatic carbocycles. The number of amidine groups is 1. The van der Waals surface area contributed by atoms with Crippen molar-refractivity contribution >= 4 is 29.1 Å². The van der Waals surface area contributed by atoms with Crippen LogP contribution in [0.4, 0.5) is 13.2 Å². The third kappa shape index (κ3) is 3.17. The average molecular weight is 380 g/mol. The molecule has 3 aromatic rings. The van der Waals surface area contributed by atoms with Gasteiger partial charge in [-0.2, -0.15) is 13.2 Å². The van der Waals surface area contributed by atoms with Gasteiger partial charge in [-0.3, -0.25) is 4.99 Å². The zero-order valence-corrected chi connectivity index (χ0v) is 14.8. The molecule has 0 fully saturated rings. The van der Waals surface area contributed by atoms with Gasteiger partial charge >= 0.3 is 6.18 Å². The first-order valence-corrected chi connectivity index (χ1v) is 8.02. The summed E-state index contributed by atoms with van der Waals surface area (Å²) < 4.78 is 38.2. The number of nitrogens with one attached hydrogen (secondary N) is 2. The van der Waals surface area contributed by atoms with E-state index in [9.17, 15) is 13.2 Å². The molecule has 1 aliphatic heterocycles. The van der Waals surface area contributed by atoms with Crippen LogP contribution in [-0.2, 0) is 6.18 Å². The summed E-state index contributed by atoms with van der Waals surface area (Å²) in [5.41, 5.74) is 4.02. The Morgan fingerprint density at radius 2 is 1.69 bits per heavy atom. The van der Waals surface area contributed by atoms with Crippen LogP contribution in [0.1, 0.15) is 16.8 Å². The Hall–Kier alpha value is -2.47. The van der Waals surface area contributed by atoms with Gasteiger partial charge in [0, 0.05) is 28.7 Å². The maximum Gasteiger partial charge on any atom is 0.416 e. The number of halogens is 4. The second-order valence-electron chi connectivity index (χ2n) is 6.12. The topological polar surface area (TPSA) is 40.2 Å². The smallest absolute Gasteiger partial charge is 0.368 e. The Morgan fingerprint density at radius 3 is 2.31 bits per heavy atom. The van der Waals surface area contributed by atoms with Crippen molar-refractivity contribution in [3.63, 3.8) is 0 Å². The lowest BCUT2D eigenvalue weighted by Crippen LogP contribution is -2.19. The number of fused-ring (bicyclic) bond motifs is 1. The first-order valence-electron chi connectivity index (χ1n) is 8.02. The zero-order chi connectivity index (χ0) is 17.6. The van der Waals surface area contributed by atoms with Gasteiger partial charge in [0.15, 0.2) is 0 Å². The second kappa shape index (κ2) is 6.68. The number of aromatic amines is 1. The maximum absolute atomic E-state index is 12.7. The number of nitrogens with zero attached hydrogens (tertiary/aromatic N) is 1. The highest BCUT2D eigenvalue weighted by molar-refractivity contribution is 6.12. The van der Waals surface area contributed by atoms with E-state index in [1.807, 2.05) is 25.1 Å². The van der Waals surface area contributed by atoms with Gasteiger partial charge in [0.25, 0.3) is 0 Å². The molecule has 0 bridgehead atoms. The van der Waals surface area contributed by atoms with E-state index in [1.54, 1.807) is 0 Å². The first-order chi connectivity index (χ1) is 11.9. The number of aryl methyl sites for hydroxylation is 1. The van der Waals surface area contributed by atoms with Crippen LogP contribution in [0.2, 0.25) is 0 Å². The minimum atomic E-state index is -4.32. The van der Waals surface area contributed by atoms with Crippen molar-refractivity contribution in [3.05, 3.63) is 59.3 Å². The van der Waals surface area contributed by atoms with Crippen LogP contribution in [-0.4, -0.2) is 23.9 Å². The molecule has 136 valence electrons. The zero-order valence-electron chi connectivity index (χ0n) is 13.9. The van der Waals surface area contributed by atoms with Crippen LogP contribution >= 0.6 is 12.4 Å². The third-order valence-corrected chi connectivity index (χ3v) is 4.44. The van der Waals surface area contributed by atoms with Gasteiger partial charge in [-0.15, -0.1) is 12.4 Å². The molecule has 0 unspecified atom stereocenters. The molecule has 0 radical (unpaired) electrons. The molecule has 7 heteroatoms. The fourth-order valence-electron chi connectivity index (χ4n) is 3.23. The Kier molecular flexibility index (Phi) is 4.71. The summed E-state index contributed by atoms with van der Waals surface area (Å²) in [4.78, 5) is 7.83. The lowest BCUT2D eigenvalue weighted by atomic mass is 10.0. The Morgan fingerprint density at radius 1 is 1.00 bits per heavy atom. The van der Waals surface area contributed by atoms with Gasteiger partial charge in [0.2, 0.25) is 0 Å². The predicted molar refractivity (Wildman–Crippen MR) is 100 cm³/mol. The van der Waals surface area contributed by atoms with E-state index < -0.39 is 11.7 Å². The number of aromatic nitrogens is 1. The van der Waals surface area contributed by atoms with Gasteiger partial charge in [-0.05, 0) is 42.3 Å². The molecule has 3 nitrogen and oxygen atoms in total. The lowest BCUT2D eigenvalue weighted by Gasteiger charge is -2.08. The first kappa shape index (κ1) is 18.3.